The molecule has 1 aromatic carbocycles. The van der Waals surface area contributed by atoms with Crippen molar-refractivity contribution in [3.05, 3.63) is 53.0 Å². The minimum Gasteiger partial charge on any atom is -0.420 e. The van der Waals surface area contributed by atoms with Crippen molar-refractivity contribution in [2.24, 2.45) is 0 Å². The van der Waals surface area contributed by atoms with Crippen LogP contribution >= 0.6 is 23.1 Å². The summed E-state index contributed by atoms with van der Waals surface area (Å²) in [5.41, 5.74) is 2.39. The number of fused-ring (bicyclic) bond motifs is 3. The van der Waals surface area contributed by atoms with Gasteiger partial charge >= 0.3 is 0 Å². The van der Waals surface area contributed by atoms with E-state index in [0.717, 1.165) is 21.8 Å². The van der Waals surface area contributed by atoms with Gasteiger partial charge in [0.2, 0.25) is 11.8 Å². The Morgan fingerprint density at radius 3 is 2.85 bits per heavy atom. The molecule has 0 atom stereocenters. The molecule has 0 unspecified atom stereocenters. The minimum atomic E-state index is 0.557. The van der Waals surface area contributed by atoms with Crippen LogP contribution in [0.3, 0.4) is 0 Å². The Labute approximate surface area is 158 Å². The molecule has 1 aliphatic carbocycles. The highest BCUT2D eigenvalue weighted by molar-refractivity contribution is 7.98. The molecule has 5 nitrogen and oxygen atoms in total. The zero-order valence-corrected chi connectivity index (χ0v) is 15.6. The van der Waals surface area contributed by atoms with E-state index in [2.05, 4.69) is 20.2 Å². The second-order valence-electron chi connectivity index (χ2n) is 6.23. The van der Waals surface area contributed by atoms with Gasteiger partial charge in [-0.3, -0.25) is 0 Å². The third kappa shape index (κ3) is 2.91. The van der Waals surface area contributed by atoms with E-state index >= 15 is 0 Å². The summed E-state index contributed by atoms with van der Waals surface area (Å²) < 4.78 is 5.81. The van der Waals surface area contributed by atoms with E-state index in [4.69, 9.17) is 4.42 Å². The van der Waals surface area contributed by atoms with Gasteiger partial charge in [-0.2, -0.15) is 0 Å². The van der Waals surface area contributed by atoms with Crippen LogP contribution in [0, 0.1) is 0 Å². The Hall–Kier alpha value is -2.25. The number of hydrogen-bond acceptors (Lipinski definition) is 7. The molecule has 0 N–H and O–H groups in total. The number of nitrogens with zero attached hydrogens (tertiary/aromatic N) is 4. The number of aryl methyl sites for hydroxylation is 2. The molecule has 0 spiro atoms. The standard InChI is InChI=1S/C19H16N4OS2/c1-2-6-12(7-3-1)17-23-22-15(24-17)10-25-18-16-13-8-4-5-9-14(13)26-19(16)21-11-20-18/h1-3,6-7,11H,4-5,8-10H2. The highest BCUT2D eigenvalue weighted by atomic mass is 32.2. The third-order valence-corrected chi connectivity index (χ3v) is 6.71. The molecule has 0 fully saturated rings. The molecule has 3 heterocycles. The fourth-order valence-corrected chi connectivity index (χ4v) is 5.47. The smallest absolute Gasteiger partial charge is 0.247 e. The first kappa shape index (κ1) is 16.0. The molecule has 0 radical (unpaired) electrons. The predicted molar refractivity (Wildman–Crippen MR) is 103 cm³/mol. The van der Waals surface area contributed by atoms with Crippen LogP contribution in [0.5, 0.6) is 0 Å². The molecular weight excluding hydrogens is 364 g/mol. The molecule has 5 rings (SSSR count). The molecule has 0 amide bonds. The normalized spacial score (nSPS) is 13.8. The molecule has 1 aliphatic rings. The van der Waals surface area contributed by atoms with E-state index in [-0.39, 0.29) is 0 Å². The molecule has 0 bridgehead atoms. The van der Waals surface area contributed by atoms with Crippen LogP contribution in [-0.4, -0.2) is 20.2 Å². The summed E-state index contributed by atoms with van der Waals surface area (Å²) in [5.74, 6) is 1.78. The maximum atomic E-state index is 5.81. The van der Waals surface area contributed by atoms with Crippen LogP contribution < -0.4 is 0 Å². The number of thioether (sulfide) groups is 1. The van der Waals surface area contributed by atoms with E-state index in [1.807, 2.05) is 41.7 Å². The Kier molecular flexibility index (Phi) is 4.18. The SMILES string of the molecule is c1ccc(-c2nnc(CSc3ncnc4sc5c(c34)CCCC5)o2)cc1. The predicted octanol–water partition coefficient (Wildman–Crippen LogP) is 4.91. The van der Waals surface area contributed by atoms with Crippen molar-refractivity contribution in [2.75, 3.05) is 0 Å². The Morgan fingerprint density at radius 2 is 1.92 bits per heavy atom. The number of aromatic nitrogens is 4. The first-order chi connectivity index (χ1) is 12.9. The zero-order chi connectivity index (χ0) is 17.3. The van der Waals surface area contributed by atoms with Crippen LogP contribution in [0.2, 0.25) is 0 Å². The van der Waals surface area contributed by atoms with Crippen molar-refractivity contribution >= 4 is 33.3 Å². The van der Waals surface area contributed by atoms with Gasteiger partial charge < -0.3 is 4.42 Å². The zero-order valence-electron chi connectivity index (χ0n) is 14.0. The Balaban J connectivity index is 1.41. The van der Waals surface area contributed by atoms with Crippen molar-refractivity contribution in [1.29, 1.82) is 0 Å². The fourth-order valence-electron chi connectivity index (χ4n) is 3.31. The monoisotopic (exact) mass is 380 g/mol. The second kappa shape index (κ2) is 6.81. The lowest BCUT2D eigenvalue weighted by Crippen LogP contribution is -1.99. The number of thiophene rings is 1. The Bertz CT molecular complexity index is 1060. The summed E-state index contributed by atoms with van der Waals surface area (Å²) in [4.78, 5) is 11.6. The summed E-state index contributed by atoms with van der Waals surface area (Å²) >= 11 is 3.47. The first-order valence-corrected chi connectivity index (χ1v) is 10.4. The molecule has 4 aromatic rings. The van der Waals surface area contributed by atoms with E-state index in [1.165, 1.54) is 35.1 Å². The maximum Gasteiger partial charge on any atom is 0.247 e. The molecular formula is C19H16N4OS2. The van der Waals surface area contributed by atoms with Gasteiger partial charge in [0.25, 0.3) is 0 Å². The number of benzene rings is 1. The summed E-state index contributed by atoms with van der Waals surface area (Å²) in [5, 5.41) is 10.6. The van der Waals surface area contributed by atoms with Gasteiger partial charge in [-0.1, -0.05) is 30.0 Å². The third-order valence-electron chi connectivity index (χ3n) is 4.54. The summed E-state index contributed by atoms with van der Waals surface area (Å²) in [6, 6.07) is 9.83. The van der Waals surface area contributed by atoms with Gasteiger partial charge in [-0.15, -0.1) is 21.5 Å². The van der Waals surface area contributed by atoms with E-state index in [0.29, 0.717) is 17.5 Å². The molecule has 0 saturated carbocycles. The second-order valence-corrected chi connectivity index (χ2v) is 8.27. The van der Waals surface area contributed by atoms with Crippen LogP contribution in [0.25, 0.3) is 21.7 Å². The van der Waals surface area contributed by atoms with Gasteiger partial charge in [0.15, 0.2) is 0 Å². The molecule has 26 heavy (non-hydrogen) atoms. The van der Waals surface area contributed by atoms with Gasteiger partial charge in [0, 0.05) is 15.8 Å². The quantitative estimate of drug-likeness (QED) is 0.370. The lowest BCUT2D eigenvalue weighted by atomic mass is 9.97. The van der Waals surface area contributed by atoms with Gasteiger partial charge in [0.1, 0.15) is 16.2 Å². The number of hydrogen-bond donors (Lipinski definition) is 0. The van der Waals surface area contributed by atoms with E-state index in [9.17, 15) is 0 Å². The molecule has 0 aliphatic heterocycles. The van der Waals surface area contributed by atoms with Crippen LogP contribution in [-0.2, 0) is 18.6 Å². The van der Waals surface area contributed by atoms with Crippen LogP contribution in [0.15, 0.2) is 46.1 Å². The Morgan fingerprint density at radius 1 is 1.04 bits per heavy atom. The topological polar surface area (TPSA) is 64.7 Å². The maximum absolute atomic E-state index is 5.81. The van der Waals surface area contributed by atoms with Crippen molar-refractivity contribution in [3.63, 3.8) is 0 Å². The molecule has 3 aromatic heterocycles. The average Bonchev–Trinajstić information content (AvgIpc) is 3.32. The van der Waals surface area contributed by atoms with Gasteiger partial charge in [0.05, 0.1) is 5.75 Å². The van der Waals surface area contributed by atoms with E-state index in [1.54, 1.807) is 18.1 Å². The fraction of sp³-hybridized carbons (Fsp3) is 0.263. The van der Waals surface area contributed by atoms with Crippen molar-refractivity contribution < 1.29 is 4.42 Å². The number of rotatable bonds is 4. The highest BCUT2D eigenvalue weighted by Crippen LogP contribution is 2.39. The minimum absolute atomic E-state index is 0.557. The van der Waals surface area contributed by atoms with Crippen LogP contribution in [0.1, 0.15) is 29.2 Å². The molecule has 7 heteroatoms. The molecule has 130 valence electrons. The average molecular weight is 380 g/mol. The van der Waals surface area contributed by atoms with Gasteiger partial charge in [-0.05, 0) is 43.4 Å². The lowest BCUT2D eigenvalue weighted by Gasteiger charge is -2.11. The largest absolute Gasteiger partial charge is 0.420 e. The van der Waals surface area contributed by atoms with Gasteiger partial charge in [-0.25, -0.2) is 9.97 Å². The summed E-state index contributed by atoms with van der Waals surface area (Å²) in [6.07, 6.45) is 6.50. The molecule has 0 saturated heterocycles. The summed E-state index contributed by atoms with van der Waals surface area (Å²) in [7, 11) is 0. The lowest BCUT2D eigenvalue weighted by molar-refractivity contribution is 0.528. The van der Waals surface area contributed by atoms with Crippen molar-refractivity contribution in [3.8, 4) is 11.5 Å². The van der Waals surface area contributed by atoms with Crippen molar-refractivity contribution in [1.82, 2.24) is 20.2 Å². The van der Waals surface area contributed by atoms with Crippen molar-refractivity contribution in [2.45, 2.75) is 36.5 Å². The van der Waals surface area contributed by atoms with Crippen LogP contribution in [0.4, 0.5) is 0 Å². The van der Waals surface area contributed by atoms with E-state index < -0.39 is 0 Å². The summed E-state index contributed by atoms with van der Waals surface area (Å²) in [6.45, 7) is 0. The first-order valence-electron chi connectivity index (χ1n) is 8.64. The highest BCUT2D eigenvalue weighted by Gasteiger charge is 2.20.